The maximum absolute atomic E-state index is 12.7. The second kappa shape index (κ2) is 16.5. The molecule has 0 saturated heterocycles. The molecule has 0 fully saturated rings. The minimum atomic E-state index is -0.492. The highest BCUT2D eigenvalue weighted by atomic mass is 35.5. The van der Waals surface area contributed by atoms with Gasteiger partial charge in [0.05, 0.1) is 55.8 Å². The van der Waals surface area contributed by atoms with E-state index in [0.29, 0.717) is 73.4 Å². The van der Waals surface area contributed by atoms with E-state index in [2.05, 4.69) is 21.2 Å². The molecule has 10 nitrogen and oxygen atoms in total. The van der Waals surface area contributed by atoms with Crippen LogP contribution in [0.5, 0.6) is 5.75 Å². The number of hydrazone groups is 1. The lowest BCUT2D eigenvalue weighted by molar-refractivity contribution is 0.0692. The fourth-order valence-electron chi connectivity index (χ4n) is 3.91. The lowest BCUT2D eigenvalue weighted by Crippen LogP contribution is -2.27. The number of aromatic hydroxyl groups is 1. The summed E-state index contributed by atoms with van der Waals surface area (Å²) >= 11 is 14.4. The molecule has 3 amide bonds. The first kappa shape index (κ1) is 34.1. The number of hydrogen-bond donors (Lipinski definition) is 4. The molecule has 4 aromatic rings. The van der Waals surface area contributed by atoms with Gasteiger partial charge in [0.2, 0.25) is 0 Å². The van der Waals surface area contributed by atoms with Crippen LogP contribution >= 0.6 is 45.9 Å². The van der Waals surface area contributed by atoms with Crippen molar-refractivity contribution in [1.29, 1.82) is 0 Å². The van der Waals surface area contributed by atoms with E-state index in [1.54, 1.807) is 74.0 Å². The third kappa shape index (κ3) is 9.36. The monoisotopic (exact) mass is 688 g/mol. The van der Waals surface area contributed by atoms with Crippen molar-refractivity contribution < 1.29 is 29.0 Å². The zero-order chi connectivity index (χ0) is 32.3. The highest BCUT2D eigenvalue weighted by Gasteiger charge is 2.17. The van der Waals surface area contributed by atoms with E-state index in [9.17, 15) is 19.5 Å². The van der Waals surface area contributed by atoms with Gasteiger partial charge in [-0.2, -0.15) is 5.10 Å². The molecule has 14 heteroatoms. The molecule has 0 spiro atoms. The summed E-state index contributed by atoms with van der Waals surface area (Å²) in [5.74, 6) is -1.04. The smallest absolute Gasteiger partial charge is 0.281 e. The first-order valence-corrected chi connectivity index (χ1v) is 16.1. The van der Waals surface area contributed by atoms with Crippen LogP contribution < -0.4 is 16.1 Å². The Balaban J connectivity index is 1.26. The number of rotatable bonds is 14. The molecule has 2 aromatic carbocycles. The van der Waals surface area contributed by atoms with Crippen LogP contribution in [0.4, 0.5) is 0 Å². The summed E-state index contributed by atoms with van der Waals surface area (Å²) in [5, 5.41) is 23.0. The van der Waals surface area contributed by atoms with Gasteiger partial charge in [0, 0.05) is 31.1 Å². The molecule has 0 unspecified atom stereocenters. The molecule has 4 rings (SSSR count). The molecule has 236 valence electrons. The first-order chi connectivity index (χ1) is 21.7. The van der Waals surface area contributed by atoms with Crippen LogP contribution in [0, 0.1) is 0 Å². The summed E-state index contributed by atoms with van der Waals surface area (Å²) in [5.41, 5.74) is 5.34. The van der Waals surface area contributed by atoms with Gasteiger partial charge in [-0.1, -0.05) is 41.4 Å². The molecule has 0 atom stereocenters. The third-order valence-electron chi connectivity index (χ3n) is 6.35. The Bertz CT molecular complexity index is 1690. The Morgan fingerprint density at radius 2 is 1.62 bits per heavy atom. The molecular weight excluding hydrogens is 659 g/mol. The molecule has 45 heavy (non-hydrogen) atoms. The van der Waals surface area contributed by atoms with E-state index >= 15 is 0 Å². The predicted octanol–water partition coefficient (Wildman–Crippen LogP) is 5.97. The largest absolute Gasteiger partial charge is 0.506 e. The molecule has 0 aliphatic carbocycles. The van der Waals surface area contributed by atoms with Crippen molar-refractivity contribution in [1.82, 2.24) is 16.1 Å². The standard InChI is InChI=1S/C31H30Cl2N4O6S2/c1-18(22-17-44-28(27(22)38)21-7-8-23(32)24(33)15-21)36-37-31(41)26-10-9-25(45-26)30(40)35-16-19-3-5-20(6-4-19)29(39)34-11-12-43-14-13-42-2/h3-10,15,17,38H,11-14,16H2,1-2H3,(H,34,39)(H,35,40)(H,37,41)/b36-18+. The number of hydrogen-bond acceptors (Lipinski definition) is 9. The second-order valence-corrected chi connectivity index (χ2v) is 12.3. The van der Waals surface area contributed by atoms with Crippen LogP contribution in [0.1, 0.15) is 47.8 Å². The van der Waals surface area contributed by atoms with E-state index in [-0.39, 0.29) is 24.1 Å². The zero-order valence-corrected chi connectivity index (χ0v) is 27.5. The number of nitrogens with one attached hydrogen (secondary N) is 3. The SMILES string of the molecule is COCCOCCNC(=O)c1ccc(CNC(=O)c2ccc(C(=O)N/N=C(\C)c3csc(-c4ccc(Cl)c(Cl)c4)c3O)s2)cc1. The number of thiophene rings is 2. The van der Waals surface area contributed by atoms with Gasteiger partial charge < -0.3 is 25.2 Å². The van der Waals surface area contributed by atoms with Gasteiger partial charge in [-0.3, -0.25) is 14.4 Å². The van der Waals surface area contributed by atoms with Crippen molar-refractivity contribution in [3.05, 3.63) is 96.5 Å². The molecule has 0 saturated carbocycles. The van der Waals surface area contributed by atoms with Crippen molar-refractivity contribution in [2.45, 2.75) is 13.5 Å². The van der Waals surface area contributed by atoms with Crippen molar-refractivity contribution in [3.8, 4) is 16.2 Å². The minimum absolute atomic E-state index is 0.0152. The number of carbonyl (C=O) groups excluding carboxylic acids is 3. The topological polar surface area (TPSA) is 138 Å². The van der Waals surface area contributed by atoms with Crippen LogP contribution in [0.3, 0.4) is 0 Å². The van der Waals surface area contributed by atoms with Crippen LogP contribution in [0.2, 0.25) is 10.0 Å². The van der Waals surface area contributed by atoms with Gasteiger partial charge in [-0.05, 0) is 54.4 Å². The molecular formula is C31H30Cl2N4O6S2. The summed E-state index contributed by atoms with van der Waals surface area (Å²) in [6.07, 6.45) is 0. The Morgan fingerprint density at radius 1 is 0.889 bits per heavy atom. The highest BCUT2D eigenvalue weighted by Crippen LogP contribution is 2.40. The van der Waals surface area contributed by atoms with E-state index in [1.165, 1.54) is 11.3 Å². The van der Waals surface area contributed by atoms with Gasteiger partial charge >= 0.3 is 0 Å². The van der Waals surface area contributed by atoms with E-state index in [4.69, 9.17) is 32.7 Å². The van der Waals surface area contributed by atoms with Crippen molar-refractivity contribution in [2.75, 3.05) is 33.5 Å². The summed E-state index contributed by atoms with van der Waals surface area (Å²) < 4.78 is 10.2. The molecule has 2 aromatic heterocycles. The number of carbonyl (C=O) groups is 3. The second-order valence-electron chi connectivity index (χ2n) is 9.50. The normalized spacial score (nSPS) is 11.3. The number of amides is 3. The minimum Gasteiger partial charge on any atom is -0.506 e. The van der Waals surface area contributed by atoms with Gasteiger partial charge in [0.1, 0.15) is 5.75 Å². The molecule has 0 aliphatic heterocycles. The maximum Gasteiger partial charge on any atom is 0.281 e. The molecule has 0 bridgehead atoms. The average Bonchev–Trinajstić information content (AvgIpc) is 3.69. The number of methoxy groups -OCH3 is 1. The van der Waals surface area contributed by atoms with Gasteiger partial charge in [0.15, 0.2) is 0 Å². The first-order valence-electron chi connectivity index (χ1n) is 13.6. The quantitative estimate of drug-likeness (QED) is 0.0732. The maximum atomic E-state index is 12.7. The number of ether oxygens (including phenoxy) is 2. The number of halogens is 2. The van der Waals surface area contributed by atoms with Gasteiger partial charge in [-0.25, -0.2) is 5.43 Å². The molecule has 4 N–H and O–H groups in total. The van der Waals surface area contributed by atoms with E-state index in [1.807, 2.05) is 0 Å². The Labute approximate surface area is 278 Å². The van der Waals surface area contributed by atoms with E-state index in [0.717, 1.165) is 16.9 Å². The summed E-state index contributed by atoms with van der Waals surface area (Å²) in [4.78, 5) is 38.9. The molecule has 2 heterocycles. The lowest BCUT2D eigenvalue weighted by atomic mass is 10.1. The van der Waals surface area contributed by atoms with Gasteiger partial charge in [-0.15, -0.1) is 22.7 Å². The Morgan fingerprint density at radius 3 is 2.33 bits per heavy atom. The summed E-state index contributed by atoms with van der Waals surface area (Å²) in [7, 11) is 1.59. The van der Waals surface area contributed by atoms with Crippen molar-refractivity contribution in [2.24, 2.45) is 5.10 Å². The predicted molar refractivity (Wildman–Crippen MR) is 178 cm³/mol. The van der Waals surface area contributed by atoms with Crippen molar-refractivity contribution >= 4 is 69.3 Å². The Kier molecular flexibility index (Phi) is 12.5. The average molecular weight is 690 g/mol. The van der Waals surface area contributed by atoms with Crippen LogP contribution in [0.25, 0.3) is 10.4 Å². The van der Waals surface area contributed by atoms with E-state index < -0.39 is 5.91 Å². The fraction of sp³-hybridized carbons (Fsp3) is 0.226. The number of nitrogens with zero attached hydrogens (tertiary/aromatic N) is 1. The lowest BCUT2D eigenvalue weighted by Gasteiger charge is -2.08. The van der Waals surface area contributed by atoms with Crippen LogP contribution in [-0.2, 0) is 16.0 Å². The Hall–Kier alpha value is -3.78. The number of benzene rings is 2. The van der Waals surface area contributed by atoms with Crippen LogP contribution in [-0.4, -0.2) is 62.0 Å². The zero-order valence-electron chi connectivity index (χ0n) is 24.3. The fourth-order valence-corrected chi connectivity index (χ4v) is 6.02. The van der Waals surface area contributed by atoms with Crippen LogP contribution in [0.15, 0.2) is 65.1 Å². The van der Waals surface area contributed by atoms with Crippen molar-refractivity contribution in [3.63, 3.8) is 0 Å². The molecule has 0 aliphatic rings. The summed E-state index contributed by atoms with van der Waals surface area (Å²) in [6, 6.07) is 15.1. The highest BCUT2D eigenvalue weighted by molar-refractivity contribution is 7.16. The third-order valence-corrected chi connectivity index (χ3v) is 9.19. The molecule has 0 radical (unpaired) electrons. The van der Waals surface area contributed by atoms with Gasteiger partial charge in [0.25, 0.3) is 17.7 Å². The summed E-state index contributed by atoms with van der Waals surface area (Å²) in [6.45, 7) is 3.64.